The molecule has 0 amide bonds. The molecule has 0 aliphatic carbocycles. The number of rotatable bonds is 2. The summed E-state index contributed by atoms with van der Waals surface area (Å²) in [5, 5.41) is 0. The van der Waals surface area contributed by atoms with Gasteiger partial charge in [0.15, 0.2) is 0 Å². The molecule has 3 heteroatoms. The van der Waals surface area contributed by atoms with E-state index in [9.17, 15) is 0 Å². The number of fused-ring (bicyclic) bond motifs is 1. The number of benzene rings is 1. The molecule has 1 aliphatic heterocycles. The normalized spacial score (nSPS) is 14.8. The van der Waals surface area contributed by atoms with Gasteiger partial charge in [0.05, 0.1) is 0 Å². The van der Waals surface area contributed by atoms with Crippen LogP contribution in [0.2, 0.25) is 0 Å². The van der Waals surface area contributed by atoms with Crippen molar-refractivity contribution in [1.29, 1.82) is 0 Å². The predicted octanol–water partition coefficient (Wildman–Crippen LogP) is 3.01. The van der Waals surface area contributed by atoms with E-state index in [-0.39, 0.29) is 0 Å². The SMILES string of the molecule is Nc1ncccc1CN1CCCCc2ccccc21. The average Bonchev–Trinajstić information content (AvgIpc) is 2.64. The monoisotopic (exact) mass is 253 g/mol. The van der Waals surface area contributed by atoms with Crippen molar-refractivity contribution in [3.8, 4) is 0 Å². The molecule has 3 rings (SSSR count). The van der Waals surface area contributed by atoms with Crippen LogP contribution in [0.25, 0.3) is 0 Å². The second-order valence-corrected chi connectivity index (χ2v) is 5.06. The third kappa shape index (κ3) is 2.55. The zero-order chi connectivity index (χ0) is 13.1. The van der Waals surface area contributed by atoms with E-state index in [1.165, 1.54) is 30.5 Å². The van der Waals surface area contributed by atoms with E-state index >= 15 is 0 Å². The van der Waals surface area contributed by atoms with Crippen LogP contribution in [-0.4, -0.2) is 11.5 Å². The van der Waals surface area contributed by atoms with Gasteiger partial charge in [0, 0.05) is 30.5 Å². The molecule has 2 heterocycles. The molecule has 1 aromatic carbocycles. The molecule has 0 saturated carbocycles. The first-order valence-electron chi connectivity index (χ1n) is 6.87. The summed E-state index contributed by atoms with van der Waals surface area (Å²) in [4.78, 5) is 6.60. The van der Waals surface area contributed by atoms with Gasteiger partial charge in [0.25, 0.3) is 0 Å². The van der Waals surface area contributed by atoms with Crippen molar-refractivity contribution in [3.63, 3.8) is 0 Å². The van der Waals surface area contributed by atoms with Crippen molar-refractivity contribution in [3.05, 3.63) is 53.7 Å². The Morgan fingerprint density at radius 3 is 2.89 bits per heavy atom. The first-order chi connectivity index (χ1) is 9.34. The number of nitrogens with two attached hydrogens (primary N) is 1. The lowest BCUT2D eigenvalue weighted by Gasteiger charge is -2.25. The zero-order valence-corrected chi connectivity index (χ0v) is 11.0. The van der Waals surface area contributed by atoms with Gasteiger partial charge in [-0.25, -0.2) is 4.98 Å². The number of hydrogen-bond donors (Lipinski definition) is 1. The molecule has 2 N–H and O–H groups in total. The molecule has 19 heavy (non-hydrogen) atoms. The van der Waals surface area contributed by atoms with Crippen molar-refractivity contribution in [2.45, 2.75) is 25.8 Å². The number of aromatic nitrogens is 1. The highest BCUT2D eigenvalue weighted by Gasteiger charge is 2.15. The Bertz CT molecular complexity index is 565. The zero-order valence-electron chi connectivity index (χ0n) is 11.0. The van der Waals surface area contributed by atoms with Crippen LogP contribution in [0.1, 0.15) is 24.0 Å². The van der Waals surface area contributed by atoms with Gasteiger partial charge in [-0.15, -0.1) is 0 Å². The quantitative estimate of drug-likeness (QED) is 0.894. The average molecular weight is 253 g/mol. The minimum Gasteiger partial charge on any atom is -0.383 e. The highest BCUT2D eigenvalue weighted by Crippen LogP contribution is 2.28. The number of nitrogens with zero attached hydrogens (tertiary/aromatic N) is 2. The maximum atomic E-state index is 5.96. The summed E-state index contributed by atoms with van der Waals surface area (Å²) in [6.45, 7) is 1.93. The van der Waals surface area contributed by atoms with E-state index in [2.05, 4.69) is 40.2 Å². The Kier molecular flexibility index (Phi) is 3.36. The summed E-state index contributed by atoms with van der Waals surface area (Å²) in [5.41, 5.74) is 9.87. The minimum atomic E-state index is 0.643. The van der Waals surface area contributed by atoms with Crippen molar-refractivity contribution in [2.75, 3.05) is 17.2 Å². The highest BCUT2D eigenvalue weighted by molar-refractivity contribution is 5.55. The maximum absolute atomic E-state index is 5.96. The van der Waals surface area contributed by atoms with Crippen LogP contribution in [0.4, 0.5) is 11.5 Å². The third-order valence-corrected chi connectivity index (χ3v) is 3.74. The highest BCUT2D eigenvalue weighted by atomic mass is 15.1. The largest absolute Gasteiger partial charge is 0.383 e. The van der Waals surface area contributed by atoms with Crippen molar-refractivity contribution in [1.82, 2.24) is 4.98 Å². The van der Waals surface area contributed by atoms with Gasteiger partial charge < -0.3 is 10.6 Å². The number of aryl methyl sites for hydroxylation is 1. The molecule has 0 radical (unpaired) electrons. The molecule has 0 unspecified atom stereocenters. The standard InChI is InChI=1S/C16H19N3/c17-16-14(8-5-10-18-16)12-19-11-4-3-7-13-6-1-2-9-15(13)19/h1-2,5-6,8-10H,3-4,7,11-12H2,(H2,17,18). The van der Waals surface area contributed by atoms with Crippen LogP contribution in [0.3, 0.4) is 0 Å². The van der Waals surface area contributed by atoms with Gasteiger partial charge in [0.2, 0.25) is 0 Å². The van der Waals surface area contributed by atoms with E-state index in [0.717, 1.165) is 18.7 Å². The van der Waals surface area contributed by atoms with E-state index in [1.807, 2.05) is 6.07 Å². The second-order valence-electron chi connectivity index (χ2n) is 5.06. The molecule has 0 spiro atoms. The number of hydrogen-bond acceptors (Lipinski definition) is 3. The van der Waals surface area contributed by atoms with Crippen LogP contribution in [0.5, 0.6) is 0 Å². The van der Waals surface area contributed by atoms with Gasteiger partial charge in [-0.05, 0) is 37.0 Å². The number of anilines is 2. The molecule has 3 nitrogen and oxygen atoms in total. The number of para-hydroxylation sites is 1. The third-order valence-electron chi connectivity index (χ3n) is 3.74. The van der Waals surface area contributed by atoms with Crippen LogP contribution < -0.4 is 10.6 Å². The lowest BCUT2D eigenvalue weighted by atomic mass is 10.1. The van der Waals surface area contributed by atoms with Crippen molar-refractivity contribution in [2.24, 2.45) is 0 Å². The van der Waals surface area contributed by atoms with Gasteiger partial charge in [0.1, 0.15) is 5.82 Å². The fourth-order valence-electron chi connectivity index (χ4n) is 2.72. The van der Waals surface area contributed by atoms with Crippen LogP contribution in [-0.2, 0) is 13.0 Å². The first kappa shape index (κ1) is 12.0. The minimum absolute atomic E-state index is 0.643. The van der Waals surface area contributed by atoms with Gasteiger partial charge in [-0.2, -0.15) is 0 Å². The molecule has 0 bridgehead atoms. The van der Waals surface area contributed by atoms with E-state index in [0.29, 0.717) is 5.82 Å². The number of nitrogen functional groups attached to an aromatic ring is 1. The molecule has 2 aromatic rings. The van der Waals surface area contributed by atoms with E-state index < -0.39 is 0 Å². The van der Waals surface area contributed by atoms with E-state index in [1.54, 1.807) is 6.20 Å². The fraction of sp³-hybridized carbons (Fsp3) is 0.312. The molecular formula is C16H19N3. The Labute approximate surface area is 114 Å². The Balaban J connectivity index is 1.91. The fourth-order valence-corrected chi connectivity index (χ4v) is 2.72. The summed E-state index contributed by atoms with van der Waals surface area (Å²) in [5.74, 6) is 0.643. The van der Waals surface area contributed by atoms with Crippen LogP contribution >= 0.6 is 0 Å². The lowest BCUT2D eigenvalue weighted by molar-refractivity contribution is 0.714. The molecule has 0 atom stereocenters. The summed E-state index contributed by atoms with van der Waals surface area (Å²) in [7, 11) is 0. The second kappa shape index (κ2) is 5.31. The smallest absolute Gasteiger partial charge is 0.128 e. The van der Waals surface area contributed by atoms with Crippen molar-refractivity contribution >= 4 is 11.5 Å². The van der Waals surface area contributed by atoms with Gasteiger partial charge >= 0.3 is 0 Å². The van der Waals surface area contributed by atoms with Gasteiger partial charge in [-0.1, -0.05) is 24.3 Å². The Morgan fingerprint density at radius 2 is 2.00 bits per heavy atom. The van der Waals surface area contributed by atoms with Crippen LogP contribution in [0, 0.1) is 0 Å². The first-order valence-corrected chi connectivity index (χ1v) is 6.87. The molecule has 1 aliphatic rings. The molecular weight excluding hydrogens is 234 g/mol. The van der Waals surface area contributed by atoms with E-state index in [4.69, 9.17) is 5.73 Å². The topological polar surface area (TPSA) is 42.1 Å². The maximum Gasteiger partial charge on any atom is 0.128 e. The summed E-state index contributed by atoms with van der Waals surface area (Å²) < 4.78 is 0. The molecule has 0 fully saturated rings. The lowest BCUT2D eigenvalue weighted by Crippen LogP contribution is -2.24. The van der Waals surface area contributed by atoms with Gasteiger partial charge in [-0.3, -0.25) is 0 Å². The molecule has 98 valence electrons. The Morgan fingerprint density at radius 1 is 1.11 bits per heavy atom. The molecule has 1 aromatic heterocycles. The van der Waals surface area contributed by atoms with Crippen LogP contribution in [0.15, 0.2) is 42.6 Å². The number of pyridine rings is 1. The summed E-state index contributed by atoms with van der Waals surface area (Å²) in [6.07, 6.45) is 5.41. The van der Waals surface area contributed by atoms with Crippen molar-refractivity contribution < 1.29 is 0 Å². The summed E-state index contributed by atoms with van der Waals surface area (Å²) >= 11 is 0. The molecule has 0 saturated heterocycles. The Hall–Kier alpha value is -2.03. The predicted molar refractivity (Wildman–Crippen MR) is 79.1 cm³/mol. The summed E-state index contributed by atoms with van der Waals surface area (Å²) in [6, 6.07) is 12.7.